The fourth-order valence-electron chi connectivity index (χ4n) is 3.56. The van der Waals surface area contributed by atoms with Gasteiger partial charge in [-0.05, 0) is 33.0 Å². The van der Waals surface area contributed by atoms with Gasteiger partial charge in [0.2, 0.25) is 5.91 Å². The SMILES string of the molecule is CN1CCC(N(C)c2cc(Cl)nc(SCC(=O)NCCN3CCOCC3)n2)CC1. The highest BCUT2D eigenvalue weighted by Gasteiger charge is 2.22. The van der Waals surface area contributed by atoms with Crippen molar-refractivity contribution in [2.75, 3.05) is 77.2 Å². The molecule has 1 N–H and O–H groups in total. The van der Waals surface area contributed by atoms with Crippen LogP contribution in [0.1, 0.15) is 12.8 Å². The topological polar surface area (TPSA) is 73.8 Å². The molecule has 3 rings (SSSR count). The molecule has 2 fully saturated rings. The summed E-state index contributed by atoms with van der Waals surface area (Å²) in [6, 6.07) is 2.24. The van der Waals surface area contributed by atoms with Gasteiger partial charge in [-0.1, -0.05) is 23.4 Å². The van der Waals surface area contributed by atoms with Crippen molar-refractivity contribution < 1.29 is 9.53 Å². The second-order valence-corrected chi connectivity index (χ2v) is 8.90. The number of morpholine rings is 1. The van der Waals surface area contributed by atoms with Crippen LogP contribution in [0.4, 0.5) is 5.82 Å². The largest absolute Gasteiger partial charge is 0.379 e. The molecule has 0 unspecified atom stereocenters. The summed E-state index contributed by atoms with van der Waals surface area (Å²) in [6.07, 6.45) is 2.20. The molecule has 29 heavy (non-hydrogen) atoms. The standard InChI is InChI=1S/C19H31ClN6O2S/c1-24-6-3-15(4-7-24)25(2)17-13-16(20)22-19(23-17)29-14-18(27)21-5-8-26-9-11-28-12-10-26/h13,15H,3-12,14H2,1-2H3,(H,21,27). The Kier molecular flexibility index (Phi) is 8.80. The Bertz CT molecular complexity index is 668. The summed E-state index contributed by atoms with van der Waals surface area (Å²) in [4.78, 5) is 27.9. The lowest BCUT2D eigenvalue weighted by Crippen LogP contribution is -2.42. The third-order valence-electron chi connectivity index (χ3n) is 5.44. The van der Waals surface area contributed by atoms with E-state index in [1.807, 2.05) is 0 Å². The molecular weight excluding hydrogens is 412 g/mol. The van der Waals surface area contributed by atoms with Crippen LogP contribution >= 0.6 is 23.4 Å². The summed E-state index contributed by atoms with van der Waals surface area (Å²) < 4.78 is 5.33. The molecule has 0 spiro atoms. The molecule has 1 aromatic heterocycles. The Morgan fingerprint density at radius 2 is 2.03 bits per heavy atom. The summed E-state index contributed by atoms with van der Waals surface area (Å²) >= 11 is 7.55. The van der Waals surface area contributed by atoms with Crippen LogP contribution in [-0.4, -0.2) is 104 Å². The highest BCUT2D eigenvalue weighted by molar-refractivity contribution is 7.99. The summed E-state index contributed by atoms with van der Waals surface area (Å²) in [5.74, 6) is 1.08. The molecule has 10 heteroatoms. The lowest BCUT2D eigenvalue weighted by atomic mass is 10.0. The maximum Gasteiger partial charge on any atom is 0.230 e. The van der Waals surface area contributed by atoms with Crippen LogP contribution < -0.4 is 10.2 Å². The van der Waals surface area contributed by atoms with Crippen LogP contribution in [0.25, 0.3) is 0 Å². The van der Waals surface area contributed by atoms with E-state index in [1.165, 1.54) is 11.8 Å². The molecule has 2 saturated heterocycles. The Hall–Kier alpha value is -1.13. The first kappa shape index (κ1) is 22.6. The number of thioether (sulfide) groups is 1. The number of hydrogen-bond acceptors (Lipinski definition) is 8. The van der Waals surface area contributed by atoms with Crippen molar-refractivity contribution in [1.29, 1.82) is 0 Å². The van der Waals surface area contributed by atoms with Crippen molar-refractivity contribution in [1.82, 2.24) is 25.1 Å². The van der Waals surface area contributed by atoms with E-state index < -0.39 is 0 Å². The van der Waals surface area contributed by atoms with E-state index >= 15 is 0 Å². The minimum atomic E-state index is -0.0166. The van der Waals surface area contributed by atoms with E-state index in [0.29, 0.717) is 22.9 Å². The fraction of sp³-hybridized carbons (Fsp3) is 0.737. The number of nitrogens with zero attached hydrogens (tertiary/aromatic N) is 5. The summed E-state index contributed by atoms with van der Waals surface area (Å²) in [5.41, 5.74) is 0. The maximum atomic E-state index is 12.2. The Morgan fingerprint density at radius 1 is 1.31 bits per heavy atom. The average Bonchev–Trinajstić information content (AvgIpc) is 2.73. The minimum Gasteiger partial charge on any atom is -0.379 e. The van der Waals surface area contributed by atoms with E-state index in [0.717, 1.165) is 64.6 Å². The molecule has 3 heterocycles. The number of hydrogen-bond donors (Lipinski definition) is 1. The Labute approximate surface area is 182 Å². The maximum absolute atomic E-state index is 12.2. The van der Waals surface area contributed by atoms with Crippen LogP contribution in [0, 0.1) is 0 Å². The lowest BCUT2D eigenvalue weighted by Gasteiger charge is -2.35. The average molecular weight is 443 g/mol. The molecule has 0 radical (unpaired) electrons. The van der Waals surface area contributed by atoms with Gasteiger partial charge in [-0.15, -0.1) is 0 Å². The molecular formula is C19H31ClN6O2S. The van der Waals surface area contributed by atoms with Gasteiger partial charge in [-0.2, -0.15) is 0 Å². The van der Waals surface area contributed by atoms with E-state index in [4.69, 9.17) is 16.3 Å². The van der Waals surface area contributed by atoms with Gasteiger partial charge in [0, 0.05) is 45.3 Å². The zero-order valence-electron chi connectivity index (χ0n) is 17.3. The van der Waals surface area contributed by atoms with Gasteiger partial charge in [0.1, 0.15) is 11.0 Å². The van der Waals surface area contributed by atoms with Crippen molar-refractivity contribution in [2.24, 2.45) is 0 Å². The third-order valence-corrected chi connectivity index (χ3v) is 6.49. The molecule has 0 aromatic carbocycles. The quantitative estimate of drug-likeness (QED) is 0.366. The molecule has 8 nitrogen and oxygen atoms in total. The monoisotopic (exact) mass is 442 g/mol. The van der Waals surface area contributed by atoms with Crippen LogP contribution in [0.15, 0.2) is 11.2 Å². The van der Waals surface area contributed by atoms with Crippen LogP contribution in [0.3, 0.4) is 0 Å². The van der Waals surface area contributed by atoms with Crippen LogP contribution in [-0.2, 0) is 9.53 Å². The zero-order chi connectivity index (χ0) is 20.6. The number of carbonyl (C=O) groups excluding carboxylic acids is 1. The number of amides is 1. The number of rotatable bonds is 8. The van der Waals surface area contributed by atoms with Crippen molar-refractivity contribution >= 4 is 35.1 Å². The van der Waals surface area contributed by atoms with Gasteiger partial charge in [0.15, 0.2) is 5.16 Å². The van der Waals surface area contributed by atoms with E-state index in [2.05, 4.69) is 44.1 Å². The molecule has 0 atom stereocenters. The van der Waals surface area contributed by atoms with Crippen molar-refractivity contribution in [3.05, 3.63) is 11.2 Å². The fourth-order valence-corrected chi connectivity index (χ4v) is 4.47. The molecule has 162 valence electrons. The Balaban J connectivity index is 1.45. The number of likely N-dealkylation sites (tertiary alicyclic amines) is 1. The van der Waals surface area contributed by atoms with Gasteiger partial charge in [0.25, 0.3) is 0 Å². The number of anilines is 1. The van der Waals surface area contributed by atoms with Crippen LogP contribution in [0.2, 0.25) is 5.15 Å². The van der Waals surface area contributed by atoms with Gasteiger partial charge >= 0.3 is 0 Å². The molecule has 2 aliphatic heterocycles. The number of piperidine rings is 1. The summed E-state index contributed by atoms with van der Waals surface area (Å²) in [7, 11) is 4.21. The number of carbonyl (C=O) groups is 1. The number of ether oxygens (including phenoxy) is 1. The number of nitrogens with one attached hydrogen (secondary N) is 1. The van der Waals surface area contributed by atoms with E-state index in [9.17, 15) is 4.79 Å². The molecule has 1 aromatic rings. The van der Waals surface area contributed by atoms with E-state index in [1.54, 1.807) is 6.07 Å². The van der Waals surface area contributed by atoms with Gasteiger partial charge in [-0.25, -0.2) is 9.97 Å². The lowest BCUT2D eigenvalue weighted by molar-refractivity contribution is -0.118. The first-order chi connectivity index (χ1) is 14.0. The number of aromatic nitrogens is 2. The van der Waals surface area contributed by atoms with Crippen LogP contribution in [0.5, 0.6) is 0 Å². The van der Waals surface area contributed by atoms with Gasteiger partial charge in [-0.3, -0.25) is 9.69 Å². The highest BCUT2D eigenvalue weighted by atomic mass is 35.5. The molecule has 0 bridgehead atoms. The van der Waals surface area contributed by atoms with Gasteiger partial charge in [0.05, 0.1) is 19.0 Å². The second-order valence-electron chi connectivity index (χ2n) is 7.57. The zero-order valence-corrected chi connectivity index (χ0v) is 18.8. The summed E-state index contributed by atoms with van der Waals surface area (Å²) in [6.45, 7) is 7.04. The van der Waals surface area contributed by atoms with E-state index in [-0.39, 0.29) is 11.7 Å². The van der Waals surface area contributed by atoms with Crippen molar-refractivity contribution in [3.63, 3.8) is 0 Å². The predicted molar refractivity (Wildman–Crippen MR) is 117 cm³/mol. The Morgan fingerprint density at radius 3 is 2.76 bits per heavy atom. The van der Waals surface area contributed by atoms with Gasteiger partial charge < -0.3 is 19.9 Å². The molecule has 1 amide bonds. The second kappa shape index (κ2) is 11.3. The predicted octanol–water partition coefficient (Wildman–Crippen LogP) is 1.20. The summed E-state index contributed by atoms with van der Waals surface area (Å²) in [5, 5.41) is 3.91. The minimum absolute atomic E-state index is 0.0166. The van der Waals surface area contributed by atoms with Crippen molar-refractivity contribution in [2.45, 2.75) is 24.0 Å². The van der Waals surface area contributed by atoms with Crippen molar-refractivity contribution in [3.8, 4) is 0 Å². The smallest absolute Gasteiger partial charge is 0.230 e. The first-order valence-corrected chi connectivity index (χ1v) is 11.5. The number of halogens is 1. The normalized spacial score (nSPS) is 19.3. The first-order valence-electron chi connectivity index (χ1n) is 10.2. The molecule has 2 aliphatic rings. The highest BCUT2D eigenvalue weighted by Crippen LogP contribution is 2.25. The third kappa shape index (κ3) is 7.25. The molecule has 0 aliphatic carbocycles. The molecule has 0 saturated carbocycles.